The summed E-state index contributed by atoms with van der Waals surface area (Å²) >= 11 is 2.81. The summed E-state index contributed by atoms with van der Waals surface area (Å²) in [6.45, 7) is 1.83. The third kappa shape index (κ3) is 5.01. The van der Waals surface area contributed by atoms with Crippen LogP contribution in [-0.4, -0.2) is 23.6 Å². The van der Waals surface area contributed by atoms with Gasteiger partial charge in [-0.2, -0.15) is 5.26 Å². The average Bonchev–Trinajstić information content (AvgIpc) is 3.40. The summed E-state index contributed by atoms with van der Waals surface area (Å²) in [5, 5.41) is 21.7. The number of hydrogen-bond donors (Lipinski definition) is 3. The third-order valence-electron chi connectivity index (χ3n) is 5.04. The molecule has 0 spiro atoms. The number of amides is 2. The van der Waals surface area contributed by atoms with Crippen molar-refractivity contribution in [3.63, 3.8) is 0 Å². The molecule has 6 nitrogen and oxygen atoms in total. The summed E-state index contributed by atoms with van der Waals surface area (Å²) in [5.41, 5.74) is 2.33. The van der Waals surface area contributed by atoms with Crippen molar-refractivity contribution in [3.8, 4) is 6.07 Å². The molecule has 31 heavy (non-hydrogen) atoms. The second kappa shape index (κ2) is 9.41. The summed E-state index contributed by atoms with van der Waals surface area (Å²) in [5.74, 6) is -0.553. The summed E-state index contributed by atoms with van der Waals surface area (Å²) < 4.78 is 0. The van der Waals surface area contributed by atoms with Gasteiger partial charge in [0.2, 0.25) is 5.91 Å². The number of benzene rings is 1. The van der Waals surface area contributed by atoms with Gasteiger partial charge >= 0.3 is 0 Å². The van der Waals surface area contributed by atoms with Crippen LogP contribution in [0.25, 0.3) is 0 Å². The van der Waals surface area contributed by atoms with Crippen LogP contribution in [0.15, 0.2) is 69.7 Å². The van der Waals surface area contributed by atoms with Gasteiger partial charge in [0.1, 0.15) is 0 Å². The smallest absolute Gasteiger partial charge is 0.254 e. The fourth-order valence-corrected chi connectivity index (χ4v) is 5.17. The summed E-state index contributed by atoms with van der Waals surface area (Å²) in [4.78, 5) is 26.3. The first kappa shape index (κ1) is 21.2. The maximum absolute atomic E-state index is 13.2. The largest absolute Gasteiger partial charge is 0.353 e. The molecule has 0 bridgehead atoms. The predicted molar refractivity (Wildman–Crippen MR) is 124 cm³/mol. The standard InChI is InChI=1S/C23H22N4O2S2/c1-14-20(22(29)27-15-6-3-2-4-7-15)21(18-8-5-11-30-18)17(12-24)23(25-14)31-13-19(28)26-16-9-10-16/h2-8,11,16,21,25H,9-10,13H2,1H3,(H,26,28)(H,27,29)/t21-/m1/s1. The van der Waals surface area contributed by atoms with E-state index in [1.807, 2.05) is 54.8 Å². The second-order valence-corrected chi connectivity index (χ2v) is 9.38. The fraction of sp³-hybridized carbons (Fsp3) is 0.261. The Bertz CT molecular complexity index is 1080. The Kier molecular flexibility index (Phi) is 6.44. The number of nitriles is 1. The highest BCUT2D eigenvalue weighted by atomic mass is 32.2. The molecular formula is C23H22N4O2S2. The van der Waals surface area contributed by atoms with Crippen molar-refractivity contribution < 1.29 is 9.59 Å². The molecule has 3 N–H and O–H groups in total. The van der Waals surface area contributed by atoms with Crippen molar-refractivity contribution >= 4 is 40.6 Å². The van der Waals surface area contributed by atoms with Gasteiger partial charge in [-0.1, -0.05) is 36.0 Å². The van der Waals surface area contributed by atoms with Gasteiger partial charge in [-0.3, -0.25) is 9.59 Å². The number of carbonyl (C=O) groups excluding carboxylic acids is 2. The van der Waals surface area contributed by atoms with Crippen molar-refractivity contribution in [2.24, 2.45) is 0 Å². The van der Waals surface area contributed by atoms with Gasteiger partial charge in [-0.15, -0.1) is 11.3 Å². The van der Waals surface area contributed by atoms with E-state index in [-0.39, 0.29) is 17.6 Å². The third-order valence-corrected chi connectivity index (χ3v) is 7.00. The second-order valence-electron chi connectivity index (χ2n) is 7.42. The summed E-state index contributed by atoms with van der Waals surface area (Å²) in [6, 6.07) is 15.7. The quantitative estimate of drug-likeness (QED) is 0.591. The lowest BCUT2D eigenvalue weighted by Crippen LogP contribution is -2.31. The minimum absolute atomic E-state index is 0.0407. The Morgan fingerprint density at radius 2 is 2.00 bits per heavy atom. The van der Waals surface area contributed by atoms with Crippen LogP contribution in [-0.2, 0) is 9.59 Å². The Morgan fingerprint density at radius 1 is 1.23 bits per heavy atom. The normalized spacial score (nSPS) is 18.3. The van der Waals surface area contributed by atoms with E-state index in [1.54, 1.807) is 0 Å². The van der Waals surface area contributed by atoms with E-state index in [2.05, 4.69) is 22.0 Å². The molecule has 1 aliphatic carbocycles. The van der Waals surface area contributed by atoms with Crippen molar-refractivity contribution in [1.29, 1.82) is 5.26 Å². The number of rotatable bonds is 7. The van der Waals surface area contributed by atoms with Gasteiger partial charge in [0.15, 0.2) is 0 Å². The molecule has 1 aromatic heterocycles. The highest BCUT2D eigenvalue weighted by Gasteiger charge is 2.35. The van der Waals surface area contributed by atoms with Crippen molar-refractivity contribution in [3.05, 3.63) is 74.6 Å². The monoisotopic (exact) mass is 450 g/mol. The molecule has 8 heteroatoms. The molecule has 1 saturated carbocycles. The maximum Gasteiger partial charge on any atom is 0.254 e. The Morgan fingerprint density at radius 3 is 2.65 bits per heavy atom. The Labute approximate surface area is 189 Å². The minimum atomic E-state index is -0.482. The van der Waals surface area contributed by atoms with Crippen LogP contribution in [0.2, 0.25) is 0 Å². The Hall–Kier alpha value is -3.02. The van der Waals surface area contributed by atoms with Gasteiger partial charge in [0, 0.05) is 27.9 Å². The Balaban J connectivity index is 1.62. The number of hydrogen-bond acceptors (Lipinski definition) is 6. The van der Waals surface area contributed by atoms with Crippen LogP contribution >= 0.6 is 23.1 Å². The molecule has 158 valence electrons. The molecule has 2 aliphatic rings. The topological polar surface area (TPSA) is 94.0 Å². The number of nitrogens with zero attached hydrogens (tertiary/aromatic N) is 1. The van der Waals surface area contributed by atoms with Gasteiger partial charge in [0.05, 0.1) is 28.3 Å². The predicted octanol–water partition coefficient (Wildman–Crippen LogP) is 4.09. The molecule has 0 radical (unpaired) electrons. The van der Waals surface area contributed by atoms with E-state index in [1.165, 1.54) is 23.1 Å². The van der Waals surface area contributed by atoms with Crippen LogP contribution < -0.4 is 16.0 Å². The number of anilines is 1. The number of allylic oxidation sites excluding steroid dienone is 2. The fourth-order valence-electron chi connectivity index (χ4n) is 3.42. The first-order chi connectivity index (χ1) is 15.1. The highest BCUT2D eigenvalue weighted by Crippen LogP contribution is 2.42. The number of thioether (sulfide) groups is 1. The zero-order valence-electron chi connectivity index (χ0n) is 17.0. The van der Waals surface area contributed by atoms with E-state index in [9.17, 15) is 14.9 Å². The van der Waals surface area contributed by atoms with Crippen molar-refractivity contribution in [2.45, 2.75) is 31.7 Å². The van der Waals surface area contributed by atoms with Gasteiger partial charge < -0.3 is 16.0 Å². The zero-order chi connectivity index (χ0) is 21.8. The lowest BCUT2D eigenvalue weighted by molar-refractivity contribution is -0.118. The van der Waals surface area contributed by atoms with Gasteiger partial charge in [0.25, 0.3) is 5.91 Å². The first-order valence-corrected chi connectivity index (χ1v) is 11.9. The van der Waals surface area contributed by atoms with Crippen LogP contribution in [0.1, 0.15) is 30.6 Å². The van der Waals surface area contributed by atoms with E-state index in [0.717, 1.165) is 17.7 Å². The van der Waals surface area contributed by atoms with Gasteiger partial charge in [-0.05, 0) is 43.3 Å². The molecule has 0 unspecified atom stereocenters. The lowest BCUT2D eigenvalue weighted by atomic mass is 9.86. The maximum atomic E-state index is 13.2. The molecule has 2 aromatic rings. The van der Waals surface area contributed by atoms with E-state index >= 15 is 0 Å². The number of carbonyl (C=O) groups is 2. The number of para-hydroxylation sites is 1. The van der Waals surface area contributed by atoms with Crippen molar-refractivity contribution in [1.82, 2.24) is 10.6 Å². The molecule has 2 heterocycles. The SMILES string of the molecule is CC1=C(C(=O)Nc2ccccc2)[C@@H](c2cccs2)C(C#N)=C(SCC(=O)NC2CC2)N1. The van der Waals surface area contributed by atoms with Gasteiger partial charge in [-0.25, -0.2) is 0 Å². The summed E-state index contributed by atoms with van der Waals surface area (Å²) in [7, 11) is 0. The van der Waals surface area contributed by atoms with Crippen molar-refractivity contribution in [2.75, 3.05) is 11.1 Å². The molecular weight excluding hydrogens is 428 g/mol. The molecule has 1 aromatic carbocycles. The number of nitrogens with one attached hydrogen (secondary N) is 3. The van der Waals surface area contributed by atoms with E-state index in [0.29, 0.717) is 33.6 Å². The highest BCUT2D eigenvalue weighted by molar-refractivity contribution is 8.03. The van der Waals surface area contributed by atoms with Crippen LogP contribution in [0.3, 0.4) is 0 Å². The molecule has 1 aliphatic heterocycles. The zero-order valence-corrected chi connectivity index (χ0v) is 18.6. The average molecular weight is 451 g/mol. The molecule has 1 atom stereocenters. The van der Waals surface area contributed by atoms with E-state index in [4.69, 9.17) is 0 Å². The number of dihydropyridines is 1. The van der Waals surface area contributed by atoms with Crippen LogP contribution in [0, 0.1) is 11.3 Å². The first-order valence-electron chi connectivity index (χ1n) is 10.0. The molecule has 2 amide bonds. The molecule has 0 saturated heterocycles. The lowest BCUT2D eigenvalue weighted by Gasteiger charge is -2.29. The minimum Gasteiger partial charge on any atom is -0.353 e. The summed E-state index contributed by atoms with van der Waals surface area (Å²) in [6.07, 6.45) is 2.06. The van der Waals surface area contributed by atoms with Crippen LogP contribution in [0.5, 0.6) is 0 Å². The molecule has 4 rings (SSSR count). The van der Waals surface area contributed by atoms with Crippen LogP contribution in [0.4, 0.5) is 5.69 Å². The molecule has 1 fully saturated rings. The van der Waals surface area contributed by atoms with E-state index < -0.39 is 5.92 Å². The number of thiophene rings is 1.